The lowest BCUT2D eigenvalue weighted by Crippen LogP contribution is -2.48. The van der Waals surface area contributed by atoms with E-state index in [-0.39, 0.29) is 16.8 Å². The summed E-state index contributed by atoms with van der Waals surface area (Å²) in [7, 11) is -3.64. The lowest BCUT2D eigenvalue weighted by molar-refractivity contribution is 0.0314. The maximum absolute atomic E-state index is 12.7. The number of aromatic nitrogens is 1. The molecule has 2 rings (SSSR count). The Bertz CT molecular complexity index is 564. The third-order valence-corrected chi connectivity index (χ3v) is 5.49. The lowest BCUT2D eigenvalue weighted by atomic mass is 10.2. The number of morpholine rings is 1. The third kappa shape index (κ3) is 2.91. The van der Waals surface area contributed by atoms with E-state index in [2.05, 4.69) is 20.9 Å². The molecule has 0 saturated carbocycles. The highest BCUT2D eigenvalue weighted by Crippen LogP contribution is 2.27. The van der Waals surface area contributed by atoms with Crippen molar-refractivity contribution in [2.24, 2.45) is 0 Å². The lowest BCUT2D eigenvalue weighted by Gasteiger charge is -2.34. The van der Waals surface area contributed by atoms with Crippen molar-refractivity contribution in [3.8, 4) is 0 Å². The molecule has 1 aliphatic heterocycles. The maximum atomic E-state index is 12.7. The van der Waals surface area contributed by atoms with Gasteiger partial charge in [0.05, 0.1) is 13.2 Å². The Labute approximate surface area is 121 Å². The minimum Gasteiger partial charge on any atom is -0.383 e. The molecule has 0 bridgehead atoms. The van der Waals surface area contributed by atoms with Crippen LogP contribution in [0.25, 0.3) is 0 Å². The molecule has 1 unspecified atom stereocenters. The zero-order valence-electron chi connectivity index (χ0n) is 10.5. The van der Waals surface area contributed by atoms with Crippen molar-refractivity contribution < 1.29 is 13.2 Å². The smallest absolute Gasteiger partial charge is 0.247 e. The summed E-state index contributed by atoms with van der Waals surface area (Å²) in [5.41, 5.74) is 5.70. The molecular weight excluding hydrogens is 334 g/mol. The zero-order chi connectivity index (χ0) is 14.0. The second-order valence-electron chi connectivity index (χ2n) is 4.29. The number of anilines is 1. The monoisotopic (exact) mass is 349 g/mol. The number of halogens is 1. The van der Waals surface area contributed by atoms with E-state index in [1.807, 2.05) is 6.92 Å². The van der Waals surface area contributed by atoms with E-state index in [0.29, 0.717) is 30.7 Å². The summed E-state index contributed by atoms with van der Waals surface area (Å²) in [6.45, 7) is 3.09. The first-order chi connectivity index (χ1) is 8.96. The predicted molar refractivity (Wildman–Crippen MR) is 75.1 cm³/mol. The second kappa shape index (κ2) is 5.74. The van der Waals surface area contributed by atoms with Crippen LogP contribution in [0.2, 0.25) is 0 Å². The first-order valence-electron chi connectivity index (χ1n) is 5.97. The molecule has 2 heterocycles. The van der Waals surface area contributed by atoms with Crippen molar-refractivity contribution in [3.63, 3.8) is 0 Å². The maximum Gasteiger partial charge on any atom is 0.247 e. The number of rotatable bonds is 3. The van der Waals surface area contributed by atoms with Gasteiger partial charge >= 0.3 is 0 Å². The van der Waals surface area contributed by atoms with Gasteiger partial charge in [-0.3, -0.25) is 0 Å². The Morgan fingerprint density at radius 3 is 3.05 bits per heavy atom. The van der Waals surface area contributed by atoms with Crippen molar-refractivity contribution in [3.05, 3.63) is 16.7 Å². The number of nitrogens with zero attached hydrogens (tertiary/aromatic N) is 2. The van der Waals surface area contributed by atoms with Crippen LogP contribution in [0.4, 0.5) is 5.82 Å². The van der Waals surface area contributed by atoms with Gasteiger partial charge in [0.15, 0.2) is 0 Å². The Kier molecular flexibility index (Phi) is 4.44. The number of hydrogen-bond donors (Lipinski definition) is 1. The molecular formula is C11H16BrN3O3S. The molecule has 106 valence electrons. The average molecular weight is 350 g/mol. The average Bonchev–Trinajstić information content (AvgIpc) is 2.41. The molecule has 19 heavy (non-hydrogen) atoms. The van der Waals surface area contributed by atoms with Crippen molar-refractivity contribution in [2.45, 2.75) is 24.3 Å². The fraction of sp³-hybridized carbons (Fsp3) is 0.545. The summed E-state index contributed by atoms with van der Waals surface area (Å²) in [5, 5.41) is 0. The topological polar surface area (TPSA) is 85.5 Å². The number of nitrogens with two attached hydrogens (primary N) is 1. The van der Waals surface area contributed by atoms with Crippen LogP contribution in [-0.2, 0) is 14.8 Å². The number of sulfonamides is 1. The van der Waals surface area contributed by atoms with Crippen molar-refractivity contribution >= 4 is 31.8 Å². The molecule has 0 amide bonds. The van der Waals surface area contributed by atoms with E-state index in [4.69, 9.17) is 10.5 Å². The molecule has 0 radical (unpaired) electrons. The van der Waals surface area contributed by atoms with Crippen LogP contribution in [0.3, 0.4) is 0 Å². The fourth-order valence-corrected chi connectivity index (χ4v) is 4.29. The van der Waals surface area contributed by atoms with Crippen LogP contribution in [0.5, 0.6) is 0 Å². The third-order valence-electron chi connectivity index (χ3n) is 3.08. The van der Waals surface area contributed by atoms with E-state index in [1.165, 1.54) is 16.6 Å². The molecule has 8 heteroatoms. The normalized spacial score (nSPS) is 21.5. The number of nitrogen functional groups attached to an aromatic ring is 1. The number of hydrogen-bond acceptors (Lipinski definition) is 5. The van der Waals surface area contributed by atoms with Crippen LogP contribution in [0, 0.1) is 0 Å². The van der Waals surface area contributed by atoms with Gasteiger partial charge in [0, 0.05) is 23.3 Å². The quantitative estimate of drug-likeness (QED) is 0.886. The zero-order valence-corrected chi connectivity index (χ0v) is 12.9. The van der Waals surface area contributed by atoms with Gasteiger partial charge in [-0.1, -0.05) is 6.92 Å². The predicted octanol–water partition coefficient (Wildman–Crippen LogP) is 1.23. The highest BCUT2D eigenvalue weighted by molar-refractivity contribution is 9.10. The molecule has 0 aromatic carbocycles. The Balaban J connectivity index is 2.43. The van der Waals surface area contributed by atoms with Gasteiger partial charge in [-0.15, -0.1) is 0 Å². The van der Waals surface area contributed by atoms with E-state index >= 15 is 0 Å². The molecule has 0 aliphatic carbocycles. The number of ether oxygens (including phenoxy) is 1. The molecule has 1 atom stereocenters. The standard InChI is InChI=1S/C11H16BrN3O3S/c1-2-9-7-18-4-3-15(9)19(16,17)10-5-8(12)6-14-11(10)13/h5-6,9H,2-4,7H2,1H3,(H2,13,14). The van der Waals surface area contributed by atoms with E-state index in [9.17, 15) is 8.42 Å². The SMILES string of the molecule is CCC1COCCN1S(=O)(=O)c1cc(Br)cnc1N. The van der Waals surface area contributed by atoms with Gasteiger partial charge in [0.1, 0.15) is 10.7 Å². The Morgan fingerprint density at radius 1 is 1.63 bits per heavy atom. The Hall–Kier alpha value is -0.700. The number of pyridine rings is 1. The molecule has 1 aromatic rings. The van der Waals surface area contributed by atoms with Crippen molar-refractivity contribution in [1.29, 1.82) is 0 Å². The second-order valence-corrected chi connectivity index (χ2v) is 7.06. The van der Waals surface area contributed by atoms with Crippen LogP contribution in [0.15, 0.2) is 21.6 Å². The summed E-state index contributed by atoms with van der Waals surface area (Å²) in [5.74, 6) is 0.0181. The fourth-order valence-electron chi connectivity index (χ4n) is 2.04. The molecule has 1 aliphatic rings. The summed E-state index contributed by atoms with van der Waals surface area (Å²) >= 11 is 3.22. The molecule has 6 nitrogen and oxygen atoms in total. The largest absolute Gasteiger partial charge is 0.383 e. The minimum absolute atomic E-state index is 0.0181. The molecule has 1 fully saturated rings. The highest BCUT2D eigenvalue weighted by atomic mass is 79.9. The van der Waals surface area contributed by atoms with Crippen molar-refractivity contribution in [2.75, 3.05) is 25.5 Å². The minimum atomic E-state index is -3.64. The van der Waals surface area contributed by atoms with E-state index in [0.717, 1.165) is 0 Å². The van der Waals surface area contributed by atoms with Crippen LogP contribution >= 0.6 is 15.9 Å². The van der Waals surface area contributed by atoms with Gasteiger partial charge < -0.3 is 10.5 Å². The first kappa shape index (κ1) is 14.7. The highest BCUT2D eigenvalue weighted by Gasteiger charge is 2.34. The summed E-state index contributed by atoms with van der Waals surface area (Å²) in [6, 6.07) is 1.33. The van der Waals surface area contributed by atoms with Gasteiger partial charge in [0.25, 0.3) is 0 Å². The van der Waals surface area contributed by atoms with E-state index in [1.54, 1.807) is 0 Å². The summed E-state index contributed by atoms with van der Waals surface area (Å²) in [6.07, 6.45) is 2.17. The summed E-state index contributed by atoms with van der Waals surface area (Å²) < 4.78 is 32.7. The molecule has 1 aromatic heterocycles. The van der Waals surface area contributed by atoms with Crippen LogP contribution < -0.4 is 5.73 Å². The van der Waals surface area contributed by atoms with Gasteiger partial charge in [0.2, 0.25) is 10.0 Å². The van der Waals surface area contributed by atoms with E-state index < -0.39 is 10.0 Å². The van der Waals surface area contributed by atoms with Crippen molar-refractivity contribution in [1.82, 2.24) is 9.29 Å². The summed E-state index contributed by atoms with van der Waals surface area (Å²) in [4.78, 5) is 3.93. The van der Waals surface area contributed by atoms with Gasteiger partial charge in [-0.05, 0) is 28.4 Å². The van der Waals surface area contributed by atoms with Crippen LogP contribution in [0.1, 0.15) is 13.3 Å². The molecule has 1 saturated heterocycles. The van der Waals surface area contributed by atoms with Crippen LogP contribution in [-0.4, -0.2) is 43.5 Å². The Morgan fingerprint density at radius 2 is 2.37 bits per heavy atom. The molecule has 2 N–H and O–H groups in total. The first-order valence-corrected chi connectivity index (χ1v) is 8.20. The molecule has 0 spiro atoms. The van der Waals surface area contributed by atoms with Gasteiger partial charge in [-0.25, -0.2) is 13.4 Å². The van der Waals surface area contributed by atoms with Gasteiger partial charge in [-0.2, -0.15) is 4.31 Å².